The Hall–Kier alpha value is -1.84. The van der Waals surface area contributed by atoms with E-state index in [1.54, 1.807) is 0 Å². The Morgan fingerprint density at radius 2 is 2.17 bits per heavy atom. The number of fused-ring (bicyclic) bond motifs is 1. The number of aryl methyl sites for hydroxylation is 2. The number of rotatable bonds is 5. The van der Waals surface area contributed by atoms with Gasteiger partial charge in [-0.1, -0.05) is 19.9 Å². The molecule has 0 saturated carbocycles. The number of nitrogens with zero attached hydrogens (tertiary/aromatic N) is 2. The summed E-state index contributed by atoms with van der Waals surface area (Å²) in [6.45, 7) is 5.19. The van der Waals surface area contributed by atoms with Crippen molar-refractivity contribution in [2.45, 2.75) is 39.7 Å². The van der Waals surface area contributed by atoms with Crippen molar-refractivity contribution in [1.82, 2.24) is 9.55 Å². The van der Waals surface area contributed by atoms with Gasteiger partial charge in [0.15, 0.2) is 0 Å². The summed E-state index contributed by atoms with van der Waals surface area (Å²) < 4.78 is 2.22. The Balaban J connectivity index is 2.48. The molecule has 4 heteroatoms. The van der Waals surface area contributed by atoms with Gasteiger partial charge in [-0.3, -0.25) is 4.79 Å². The molecule has 0 atom stereocenters. The Labute approximate surface area is 106 Å². The van der Waals surface area contributed by atoms with Crippen molar-refractivity contribution in [2.24, 2.45) is 0 Å². The van der Waals surface area contributed by atoms with Crippen molar-refractivity contribution >= 4 is 17.0 Å². The van der Waals surface area contributed by atoms with E-state index in [1.807, 2.05) is 18.2 Å². The molecule has 0 spiro atoms. The Kier molecular flexibility index (Phi) is 3.65. The number of aromatic nitrogens is 2. The third-order valence-corrected chi connectivity index (χ3v) is 3.01. The molecular weight excluding hydrogens is 228 g/mol. The molecule has 4 nitrogen and oxygen atoms in total. The first-order valence-electron chi connectivity index (χ1n) is 6.35. The summed E-state index contributed by atoms with van der Waals surface area (Å²) in [7, 11) is 0. The van der Waals surface area contributed by atoms with Gasteiger partial charge in [0.25, 0.3) is 0 Å². The summed E-state index contributed by atoms with van der Waals surface area (Å²) in [6.07, 6.45) is 2.01. The topological polar surface area (TPSA) is 55.1 Å². The smallest absolute Gasteiger partial charge is 0.307 e. The molecule has 0 radical (unpaired) electrons. The molecule has 0 aliphatic carbocycles. The van der Waals surface area contributed by atoms with E-state index in [0.29, 0.717) is 0 Å². The zero-order valence-corrected chi connectivity index (χ0v) is 10.8. The van der Waals surface area contributed by atoms with Gasteiger partial charge < -0.3 is 9.67 Å². The lowest BCUT2D eigenvalue weighted by atomic mass is 10.1. The van der Waals surface area contributed by atoms with Crippen LogP contribution in [0.3, 0.4) is 0 Å². The zero-order chi connectivity index (χ0) is 13.1. The molecule has 0 unspecified atom stereocenters. The van der Waals surface area contributed by atoms with Crippen LogP contribution in [0.5, 0.6) is 0 Å². The average molecular weight is 246 g/mol. The van der Waals surface area contributed by atoms with Crippen molar-refractivity contribution in [3.05, 3.63) is 29.6 Å². The second-order valence-corrected chi connectivity index (χ2v) is 4.43. The number of carboxylic acid groups (broad SMARTS) is 1. The molecule has 0 fully saturated rings. The highest BCUT2D eigenvalue weighted by molar-refractivity contribution is 5.79. The van der Waals surface area contributed by atoms with Gasteiger partial charge in [-0.2, -0.15) is 0 Å². The van der Waals surface area contributed by atoms with Crippen LogP contribution in [0, 0.1) is 0 Å². The Morgan fingerprint density at radius 3 is 2.78 bits per heavy atom. The Morgan fingerprint density at radius 1 is 1.39 bits per heavy atom. The van der Waals surface area contributed by atoms with Crippen LogP contribution in [0.1, 0.15) is 31.7 Å². The molecular formula is C14H18N2O2. The quantitative estimate of drug-likeness (QED) is 0.882. The minimum absolute atomic E-state index is 0.0536. The van der Waals surface area contributed by atoms with E-state index in [-0.39, 0.29) is 6.42 Å². The van der Waals surface area contributed by atoms with Crippen LogP contribution in [0.2, 0.25) is 0 Å². The summed E-state index contributed by atoms with van der Waals surface area (Å²) in [5, 5.41) is 8.80. The fourth-order valence-electron chi connectivity index (χ4n) is 2.25. The summed E-state index contributed by atoms with van der Waals surface area (Å²) >= 11 is 0. The fourth-order valence-corrected chi connectivity index (χ4v) is 2.25. The van der Waals surface area contributed by atoms with Crippen LogP contribution < -0.4 is 0 Å². The van der Waals surface area contributed by atoms with Gasteiger partial charge in [-0.25, -0.2) is 4.98 Å². The molecule has 0 amide bonds. The lowest BCUT2D eigenvalue weighted by molar-refractivity contribution is -0.136. The first-order chi connectivity index (χ1) is 8.65. The molecule has 1 heterocycles. The summed E-state index contributed by atoms with van der Waals surface area (Å²) in [4.78, 5) is 15.3. The normalized spacial score (nSPS) is 11.0. The largest absolute Gasteiger partial charge is 0.481 e. The first kappa shape index (κ1) is 12.6. The number of hydrogen-bond donors (Lipinski definition) is 1. The van der Waals surface area contributed by atoms with Gasteiger partial charge in [-0.15, -0.1) is 0 Å². The molecule has 1 N–H and O–H groups in total. The van der Waals surface area contributed by atoms with Gasteiger partial charge in [0.05, 0.1) is 17.5 Å². The lowest BCUT2D eigenvalue weighted by Crippen LogP contribution is -2.02. The van der Waals surface area contributed by atoms with E-state index >= 15 is 0 Å². The molecule has 2 rings (SSSR count). The maximum absolute atomic E-state index is 10.7. The lowest BCUT2D eigenvalue weighted by Gasteiger charge is -2.05. The predicted molar refractivity (Wildman–Crippen MR) is 70.7 cm³/mol. The number of imidazole rings is 1. The number of hydrogen-bond acceptors (Lipinski definition) is 2. The minimum atomic E-state index is -0.807. The van der Waals surface area contributed by atoms with Crippen LogP contribution >= 0.6 is 0 Å². The molecule has 1 aromatic heterocycles. The van der Waals surface area contributed by atoms with Crippen molar-refractivity contribution < 1.29 is 9.90 Å². The minimum Gasteiger partial charge on any atom is -0.481 e. The third-order valence-electron chi connectivity index (χ3n) is 3.01. The maximum atomic E-state index is 10.7. The van der Waals surface area contributed by atoms with Gasteiger partial charge in [-0.05, 0) is 24.1 Å². The predicted octanol–water partition coefficient (Wildman–Crippen LogP) is 2.64. The van der Waals surface area contributed by atoms with E-state index in [9.17, 15) is 4.79 Å². The number of carbonyl (C=O) groups is 1. The molecule has 18 heavy (non-hydrogen) atoms. The highest BCUT2D eigenvalue weighted by Crippen LogP contribution is 2.19. The van der Waals surface area contributed by atoms with Crippen LogP contribution in [-0.4, -0.2) is 20.6 Å². The van der Waals surface area contributed by atoms with Gasteiger partial charge in [0.1, 0.15) is 5.82 Å². The van der Waals surface area contributed by atoms with Gasteiger partial charge >= 0.3 is 5.97 Å². The van der Waals surface area contributed by atoms with Crippen LogP contribution in [0.25, 0.3) is 11.0 Å². The van der Waals surface area contributed by atoms with Crippen molar-refractivity contribution in [1.29, 1.82) is 0 Å². The second-order valence-electron chi connectivity index (χ2n) is 4.43. The van der Waals surface area contributed by atoms with E-state index in [2.05, 4.69) is 23.4 Å². The van der Waals surface area contributed by atoms with Crippen LogP contribution in [0.15, 0.2) is 18.2 Å². The van der Waals surface area contributed by atoms with E-state index < -0.39 is 5.97 Å². The average Bonchev–Trinajstić information content (AvgIpc) is 2.66. The van der Waals surface area contributed by atoms with E-state index in [1.165, 1.54) is 0 Å². The van der Waals surface area contributed by atoms with E-state index in [0.717, 1.165) is 41.8 Å². The van der Waals surface area contributed by atoms with Gasteiger partial charge in [0.2, 0.25) is 0 Å². The summed E-state index contributed by atoms with van der Waals surface area (Å²) in [6, 6.07) is 5.74. The number of benzene rings is 1. The highest BCUT2D eigenvalue weighted by Gasteiger charge is 2.10. The number of aliphatic carboxylic acids is 1. The molecule has 2 aromatic rings. The molecule has 1 aromatic carbocycles. The SMILES string of the molecule is CCCn1c(CC)nc2cc(CC(=O)O)ccc21. The molecule has 0 aliphatic rings. The fraction of sp³-hybridized carbons (Fsp3) is 0.429. The summed E-state index contributed by atoms with van der Waals surface area (Å²) in [5.41, 5.74) is 2.81. The first-order valence-corrected chi connectivity index (χ1v) is 6.35. The number of carboxylic acids is 1. The van der Waals surface area contributed by atoms with Crippen LogP contribution in [-0.2, 0) is 24.2 Å². The zero-order valence-electron chi connectivity index (χ0n) is 10.8. The molecule has 0 saturated heterocycles. The van der Waals surface area contributed by atoms with Crippen molar-refractivity contribution in [2.75, 3.05) is 0 Å². The Bertz CT molecular complexity index is 572. The monoisotopic (exact) mass is 246 g/mol. The van der Waals surface area contributed by atoms with Gasteiger partial charge in [0, 0.05) is 13.0 Å². The van der Waals surface area contributed by atoms with Crippen molar-refractivity contribution in [3.63, 3.8) is 0 Å². The third kappa shape index (κ3) is 2.37. The second kappa shape index (κ2) is 5.21. The molecule has 0 aliphatic heterocycles. The maximum Gasteiger partial charge on any atom is 0.307 e. The van der Waals surface area contributed by atoms with E-state index in [4.69, 9.17) is 5.11 Å². The summed E-state index contributed by atoms with van der Waals surface area (Å²) in [5.74, 6) is 0.261. The molecule has 96 valence electrons. The van der Waals surface area contributed by atoms with Crippen molar-refractivity contribution in [3.8, 4) is 0 Å². The van der Waals surface area contributed by atoms with Crippen LogP contribution in [0.4, 0.5) is 0 Å². The molecule has 0 bridgehead atoms. The standard InChI is InChI=1S/C14H18N2O2/c1-3-7-16-12-6-5-10(9-14(17)18)8-11(12)15-13(16)4-2/h5-6,8H,3-4,7,9H2,1-2H3,(H,17,18). The highest BCUT2D eigenvalue weighted by atomic mass is 16.4.